The lowest BCUT2D eigenvalue weighted by Crippen LogP contribution is -2.49. The van der Waals surface area contributed by atoms with Crippen molar-refractivity contribution < 1.29 is 14.3 Å². The highest BCUT2D eigenvalue weighted by molar-refractivity contribution is 5.95. The van der Waals surface area contributed by atoms with Crippen molar-refractivity contribution in [3.8, 4) is 5.75 Å². The highest BCUT2D eigenvalue weighted by Crippen LogP contribution is 2.17. The van der Waals surface area contributed by atoms with Crippen LogP contribution in [0.1, 0.15) is 27.7 Å². The lowest BCUT2D eigenvalue weighted by molar-refractivity contribution is -0.125. The first kappa shape index (κ1) is 19.0. The Morgan fingerprint density at radius 2 is 1.96 bits per heavy atom. The van der Waals surface area contributed by atoms with Crippen molar-refractivity contribution in [2.45, 2.75) is 39.3 Å². The molecule has 6 nitrogen and oxygen atoms in total. The molecule has 0 aliphatic rings. The van der Waals surface area contributed by atoms with Gasteiger partial charge in [0, 0.05) is 17.3 Å². The molecule has 0 spiro atoms. The number of nitrogens with zero attached hydrogens (tertiary/aromatic N) is 1. The van der Waals surface area contributed by atoms with Crippen LogP contribution in [0.3, 0.4) is 0 Å². The quantitative estimate of drug-likeness (QED) is 0.839. The molecule has 23 heavy (non-hydrogen) atoms. The first-order chi connectivity index (χ1) is 10.6. The summed E-state index contributed by atoms with van der Waals surface area (Å²) in [5.74, 6) is 0.388. The summed E-state index contributed by atoms with van der Waals surface area (Å²) in [5.41, 5.74) is 0.373. The second kappa shape index (κ2) is 7.97. The van der Waals surface area contributed by atoms with E-state index in [1.54, 1.807) is 44.2 Å². The minimum Gasteiger partial charge on any atom is -0.497 e. The van der Waals surface area contributed by atoms with Crippen molar-refractivity contribution in [2.75, 3.05) is 26.0 Å². The van der Waals surface area contributed by atoms with Crippen LogP contribution in [0.25, 0.3) is 0 Å². The Kier molecular flexibility index (Phi) is 6.57. The number of hydrogen-bond donors (Lipinski definition) is 2. The van der Waals surface area contributed by atoms with Gasteiger partial charge in [-0.05, 0) is 46.9 Å². The van der Waals surface area contributed by atoms with Gasteiger partial charge in [0.1, 0.15) is 5.75 Å². The van der Waals surface area contributed by atoms with E-state index in [2.05, 4.69) is 10.6 Å². The number of rotatable bonds is 6. The maximum absolute atomic E-state index is 12.3. The number of ether oxygens (including phenoxy) is 1. The summed E-state index contributed by atoms with van der Waals surface area (Å²) < 4.78 is 5.13. The third-order valence-corrected chi connectivity index (χ3v) is 3.29. The van der Waals surface area contributed by atoms with E-state index in [4.69, 9.17) is 4.74 Å². The van der Waals surface area contributed by atoms with E-state index in [0.29, 0.717) is 11.4 Å². The minimum absolute atomic E-state index is 0.110. The monoisotopic (exact) mass is 321 g/mol. The number of benzene rings is 1. The summed E-state index contributed by atoms with van der Waals surface area (Å²) in [6, 6.07) is 6.71. The molecule has 1 atom stereocenters. The van der Waals surface area contributed by atoms with Gasteiger partial charge in [-0.25, -0.2) is 0 Å². The van der Waals surface area contributed by atoms with E-state index in [9.17, 15) is 9.59 Å². The third-order valence-electron chi connectivity index (χ3n) is 3.29. The Balaban J connectivity index is 2.59. The molecule has 0 radical (unpaired) electrons. The summed E-state index contributed by atoms with van der Waals surface area (Å²) in [4.78, 5) is 25.9. The largest absolute Gasteiger partial charge is 0.497 e. The van der Waals surface area contributed by atoms with Gasteiger partial charge in [0.15, 0.2) is 0 Å². The first-order valence-corrected chi connectivity index (χ1v) is 7.58. The molecule has 128 valence electrons. The topological polar surface area (TPSA) is 70.7 Å². The Morgan fingerprint density at radius 3 is 2.52 bits per heavy atom. The van der Waals surface area contributed by atoms with E-state index in [1.807, 2.05) is 26.8 Å². The normalized spacial score (nSPS) is 12.7. The Hall–Kier alpha value is -2.08. The molecule has 0 aliphatic carbocycles. The van der Waals surface area contributed by atoms with Crippen molar-refractivity contribution in [2.24, 2.45) is 0 Å². The molecular weight excluding hydrogens is 294 g/mol. The van der Waals surface area contributed by atoms with Crippen LogP contribution in [0.5, 0.6) is 5.75 Å². The van der Waals surface area contributed by atoms with Crippen LogP contribution < -0.4 is 15.4 Å². The van der Waals surface area contributed by atoms with Crippen LogP contribution in [0.2, 0.25) is 0 Å². The fourth-order valence-corrected chi connectivity index (χ4v) is 1.97. The summed E-state index contributed by atoms with van der Waals surface area (Å²) in [7, 11) is 3.32. The molecule has 1 aromatic rings. The predicted octanol–water partition coefficient (Wildman–Crippen LogP) is 1.87. The summed E-state index contributed by atoms with van der Waals surface area (Å²) in [6.07, 6.45) is 0. The average molecular weight is 321 g/mol. The lowest BCUT2D eigenvalue weighted by Gasteiger charge is -2.26. The number of hydrogen-bond acceptors (Lipinski definition) is 4. The fraction of sp³-hybridized carbons (Fsp3) is 0.529. The molecule has 1 rings (SSSR count). The second-order valence-electron chi connectivity index (χ2n) is 6.61. The molecule has 2 N–H and O–H groups in total. The maximum Gasteiger partial charge on any atom is 0.241 e. The third kappa shape index (κ3) is 6.69. The van der Waals surface area contributed by atoms with Crippen LogP contribution in [-0.2, 0) is 9.59 Å². The van der Waals surface area contributed by atoms with E-state index in [-0.39, 0.29) is 23.9 Å². The van der Waals surface area contributed by atoms with Crippen LogP contribution in [-0.4, -0.2) is 49.0 Å². The highest BCUT2D eigenvalue weighted by Gasteiger charge is 2.22. The Morgan fingerprint density at radius 1 is 1.30 bits per heavy atom. The molecule has 0 unspecified atom stereocenters. The fourth-order valence-electron chi connectivity index (χ4n) is 1.97. The standard InChI is InChI=1S/C17H27N3O3/c1-12(20(5)11-15(21)19-17(2,3)4)16(22)18-13-8-7-9-14(10-13)23-6/h7-10,12H,11H2,1-6H3,(H,18,22)(H,19,21)/t12-/m1/s1. The van der Waals surface area contributed by atoms with Gasteiger partial charge in [-0.3, -0.25) is 14.5 Å². The van der Waals surface area contributed by atoms with Crippen LogP contribution in [0, 0.1) is 0 Å². The Bertz CT molecular complexity index is 552. The van der Waals surface area contributed by atoms with Crippen LogP contribution in [0.15, 0.2) is 24.3 Å². The van der Waals surface area contributed by atoms with E-state index < -0.39 is 6.04 Å². The number of anilines is 1. The lowest BCUT2D eigenvalue weighted by atomic mass is 10.1. The number of carbonyl (C=O) groups is 2. The van der Waals surface area contributed by atoms with E-state index in [1.165, 1.54) is 0 Å². The van der Waals surface area contributed by atoms with E-state index in [0.717, 1.165) is 0 Å². The van der Waals surface area contributed by atoms with Crippen molar-refractivity contribution in [1.29, 1.82) is 0 Å². The van der Waals surface area contributed by atoms with Gasteiger partial charge >= 0.3 is 0 Å². The number of likely N-dealkylation sites (N-methyl/N-ethyl adjacent to an activating group) is 1. The number of nitrogens with one attached hydrogen (secondary N) is 2. The van der Waals surface area contributed by atoms with Gasteiger partial charge in [0.2, 0.25) is 11.8 Å². The van der Waals surface area contributed by atoms with Gasteiger partial charge in [-0.2, -0.15) is 0 Å². The summed E-state index contributed by atoms with van der Waals surface area (Å²) in [6.45, 7) is 7.68. The molecule has 0 saturated heterocycles. The molecule has 0 bridgehead atoms. The SMILES string of the molecule is COc1cccc(NC(=O)[C@@H](C)N(C)CC(=O)NC(C)(C)C)c1. The van der Waals surface area contributed by atoms with Crippen molar-refractivity contribution in [3.05, 3.63) is 24.3 Å². The molecule has 6 heteroatoms. The van der Waals surface area contributed by atoms with E-state index >= 15 is 0 Å². The second-order valence-corrected chi connectivity index (χ2v) is 6.61. The van der Waals surface area contributed by atoms with Gasteiger partial charge in [-0.1, -0.05) is 6.07 Å². The Labute approximate surface area is 138 Å². The van der Waals surface area contributed by atoms with Crippen LogP contribution in [0.4, 0.5) is 5.69 Å². The zero-order chi connectivity index (χ0) is 17.6. The van der Waals surface area contributed by atoms with Gasteiger partial charge < -0.3 is 15.4 Å². The van der Waals surface area contributed by atoms with Gasteiger partial charge in [0.25, 0.3) is 0 Å². The maximum atomic E-state index is 12.3. The molecule has 2 amide bonds. The molecule has 0 heterocycles. The minimum atomic E-state index is -0.438. The van der Waals surface area contributed by atoms with Crippen molar-refractivity contribution >= 4 is 17.5 Å². The number of carbonyl (C=O) groups excluding carboxylic acids is 2. The molecule has 0 aliphatic heterocycles. The summed E-state index contributed by atoms with van der Waals surface area (Å²) in [5, 5.41) is 5.71. The van der Waals surface area contributed by atoms with Gasteiger partial charge in [0.05, 0.1) is 19.7 Å². The smallest absolute Gasteiger partial charge is 0.241 e. The average Bonchev–Trinajstić information content (AvgIpc) is 2.44. The van der Waals surface area contributed by atoms with Crippen LogP contribution >= 0.6 is 0 Å². The highest BCUT2D eigenvalue weighted by atomic mass is 16.5. The van der Waals surface area contributed by atoms with Crippen molar-refractivity contribution in [3.63, 3.8) is 0 Å². The number of amides is 2. The predicted molar refractivity (Wildman–Crippen MR) is 91.6 cm³/mol. The van der Waals surface area contributed by atoms with Gasteiger partial charge in [-0.15, -0.1) is 0 Å². The first-order valence-electron chi connectivity index (χ1n) is 7.58. The molecule has 0 fully saturated rings. The zero-order valence-electron chi connectivity index (χ0n) is 14.8. The zero-order valence-corrected chi connectivity index (χ0v) is 14.8. The molecule has 0 saturated carbocycles. The number of methoxy groups -OCH3 is 1. The van der Waals surface area contributed by atoms with Crippen molar-refractivity contribution in [1.82, 2.24) is 10.2 Å². The molecule has 1 aromatic carbocycles. The molecular formula is C17H27N3O3. The molecule has 0 aromatic heterocycles. The summed E-state index contributed by atoms with van der Waals surface area (Å²) >= 11 is 0.